The highest BCUT2D eigenvalue weighted by Gasteiger charge is 1.86. The molecule has 0 aromatic heterocycles. The van der Waals surface area contributed by atoms with E-state index < -0.39 is 0 Å². The first-order valence-corrected chi connectivity index (χ1v) is 3.63. The molecule has 0 amide bonds. The zero-order valence-corrected chi connectivity index (χ0v) is 6.19. The van der Waals surface area contributed by atoms with Gasteiger partial charge in [0, 0.05) is 5.33 Å². The quantitative estimate of drug-likeness (QED) is 0.295. The SMILES string of the molecule is N=[N+]=NCCCCBr. The van der Waals surface area contributed by atoms with Gasteiger partial charge in [-0.15, -0.1) is 0 Å². The van der Waals surface area contributed by atoms with Crippen molar-refractivity contribution in [3.05, 3.63) is 0 Å². The first-order chi connectivity index (χ1) is 3.91. The molecule has 4 heteroatoms. The van der Waals surface area contributed by atoms with E-state index in [0.29, 0.717) is 6.54 Å². The minimum Gasteiger partial charge on any atom is -0.0928 e. The molecule has 0 aliphatic carbocycles. The number of hydrogen-bond donors (Lipinski definition) is 1. The molecule has 0 radical (unpaired) electrons. The highest BCUT2D eigenvalue weighted by molar-refractivity contribution is 9.09. The van der Waals surface area contributed by atoms with E-state index in [1.165, 1.54) is 0 Å². The van der Waals surface area contributed by atoms with Crippen molar-refractivity contribution >= 4 is 15.9 Å². The number of alkyl halides is 1. The third-order valence-electron chi connectivity index (χ3n) is 0.712. The topological polar surface area (TPSA) is 50.3 Å². The average Bonchev–Trinajstić information content (AvgIpc) is 1.81. The van der Waals surface area contributed by atoms with Gasteiger partial charge in [0.1, 0.15) is 17.2 Å². The molecular formula is C4H9BrN3+. The van der Waals surface area contributed by atoms with Gasteiger partial charge < -0.3 is 0 Å². The smallest absolute Gasteiger partial charge is 0.0928 e. The van der Waals surface area contributed by atoms with Gasteiger partial charge in [-0.05, 0) is 12.8 Å². The van der Waals surface area contributed by atoms with E-state index in [0.717, 1.165) is 18.2 Å². The Morgan fingerprint density at radius 3 is 2.75 bits per heavy atom. The standard InChI is InChI=1S/C4H9BrN3/c5-3-1-2-4-7-8-6/h6H,1-4H2/q+1. The number of unbranched alkanes of at least 4 members (excludes halogenated alkanes) is 1. The predicted octanol–water partition coefficient (Wildman–Crippen LogP) is 1.71. The maximum Gasteiger partial charge on any atom is 0.214 e. The molecule has 0 bridgehead atoms. The second kappa shape index (κ2) is 6.79. The monoisotopic (exact) mass is 178 g/mol. The summed E-state index contributed by atoms with van der Waals surface area (Å²) in [4.78, 5) is 2.87. The van der Waals surface area contributed by atoms with E-state index in [-0.39, 0.29) is 0 Å². The van der Waals surface area contributed by atoms with Crippen LogP contribution in [0.2, 0.25) is 0 Å². The van der Waals surface area contributed by atoms with Crippen LogP contribution in [-0.2, 0) is 0 Å². The Bertz CT molecular complexity index is 87.3. The molecule has 46 valence electrons. The summed E-state index contributed by atoms with van der Waals surface area (Å²) >= 11 is 3.28. The van der Waals surface area contributed by atoms with Gasteiger partial charge >= 0.3 is 0 Å². The Balaban J connectivity index is 2.82. The summed E-state index contributed by atoms with van der Waals surface area (Å²) in [5, 5.41) is 4.49. The summed E-state index contributed by atoms with van der Waals surface area (Å²) in [6, 6.07) is 0. The lowest BCUT2D eigenvalue weighted by atomic mass is 10.3. The Labute approximate surface area is 56.8 Å². The van der Waals surface area contributed by atoms with Crippen LogP contribution in [0.15, 0.2) is 5.11 Å². The summed E-state index contributed by atoms with van der Waals surface area (Å²) in [6.07, 6.45) is 2.13. The average molecular weight is 179 g/mol. The third-order valence-corrected chi connectivity index (χ3v) is 1.27. The van der Waals surface area contributed by atoms with Gasteiger partial charge in [0.25, 0.3) is 0 Å². The van der Waals surface area contributed by atoms with Crippen LogP contribution in [0.1, 0.15) is 12.8 Å². The van der Waals surface area contributed by atoms with Gasteiger partial charge in [-0.1, -0.05) is 15.9 Å². The highest BCUT2D eigenvalue weighted by atomic mass is 79.9. The van der Waals surface area contributed by atoms with E-state index >= 15 is 0 Å². The van der Waals surface area contributed by atoms with Gasteiger partial charge in [0.15, 0.2) is 0 Å². The van der Waals surface area contributed by atoms with Crippen LogP contribution in [0.3, 0.4) is 0 Å². The van der Waals surface area contributed by atoms with Crippen molar-refractivity contribution in [1.82, 2.24) is 4.91 Å². The van der Waals surface area contributed by atoms with Gasteiger partial charge in [0.05, 0.1) is 0 Å². The molecule has 0 spiro atoms. The lowest BCUT2D eigenvalue weighted by Crippen LogP contribution is -1.80. The van der Waals surface area contributed by atoms with Crippen molar-refractivity contribution in [2.75, 3.05) is 11.9 Å². The summed E-state index contributed by atoms with van der Waals surface area (Å²) in [5.41, 5.74) is 6.28. The van der Waals surface area contributed by atoms with Gasteiger partial charge in [-0.2, -0.15) is 0 Å². The first kappa shape index (κ1) is 7.79. The highest BCUT2D eigenvalue weighted by Crippen LogP contribution is 1.92. The molecule has 0 heterocycles. The van der Waals surface area contributed by atoms with Crippen molar-refractivity contribution in [3.8, 4) is 0 Å². The fraction of sp³-hybridized carbons (Fsp3) is 1.00. The number of nitrogens with zero attached hydrogens (tertiary/aromatic N) is 2. The van der Waals surface area contributed by atoms with Crippen molar-refractivity contribution in [2.45, 2.75) is 12.8 Å². The molecule has 1 N–H and O–H groups in total. The van der Waals surface area contributed by atoms with Gasteiger partial charge in [-0.3, -0.25) is 0 Å². The maximum atomic E-state index is 6.28. The Hall–Kier alpha value is -0.210. The minimum atomic E-state index is 0.690. The van der Waals surface area contributed by atoms with Crippen LogP contribution in [0.4, 0.5) is 0 Å². The molecule has 0 saturated heterocycles. The molecule has 3 nitrogen and oxygen atoms in total. The second-order valence-corrected chi connectivity index (χ2v) is 2.15. The molecule has 0 aliphatic heterocycles. The minimum absolute atomic E-state index is 0.690. The number of rotatable bonds is 4. The summed E-state index contributed by atoms with van der Waals surface area (Å²) in [6.45, 7) is 0.690. The lowest BCUT2D eigenvalue weighted by molar-refractivity contribution is 0.758. The van der Waals surface area contributed by atoms with Gasteiger partial charge in [0.2, 0.25) is 4.91 Å². The van der Waals surface area contributed by atoms with E-state index in [1.54, 1.807) is 0 Å². The maximum absolute atomic E-state index is 6.28. The molecule has 0 aromatic rings. The fourth-order valence-electron chi connectivity index (χ4n) is 0.327. The zero-order chi connectivity index (χ0) is 6.24. The molecule has 0 saturated carbocycles. The Morgan fingerprint density at radius 2 is 2.25 bits per heavy atom. The molecule has 0 aliphatic rings. The van der Waals surface area contributed by atoms with Crippen LogP contribution in [-0.4, -0.2) is 11.9 Å². The van der Waals surface area contributed by atoms with Crippen molar-refractivity contribution < 1.29 is 0 Å². The van der Waals surface area contributed by atoms with Crippen LogP contribution in [0.5, 0.6) is 0 Å². The summed E-state index contributed by atoms with van der Waals surface area (Å²) in [7, 11) is 0. The van der Waals surface area contributed by atoms with Crippen molar-refractivity contribution in [1.29, 1.82) is 5.53 Å². The molecule has 8 heavy (non-hydrogen) atoms. The van der Waals surface area contributed by atoms with E-state index in [1.807, 2.05) is 0 Å². The van der Waals surface area contributed by atoms with Crippen LogP contribution >= 0.6 is 15.9 Å². The largest absolute Gasteiger partial charge is 0.214 e. The summed E-state index contributed by atoms with van der Waals surface area (Å²) in [5.74, 6) is 0. The molecule has 0 fully saturated rings. The molecule has 0 aromatic carbocycles. The second-order valence-electron chi connectivity index (χ2n) is 1.36. The Kier molecular flexibility index (Phi) is 6.61. The van der Waals surface area contributed by atoms with Gasteiger partial charge in [-0.25, -0.2) is 0 Å². The lowest BCUT2D eigenvalue weighted by Gasteiger charge is -1.81. The molecule has 0 rings (SSSR count). The molecular weight excluding hydrogens is 170 g/mol. The van der Waals surface area contributed by atoms with E-state index in [9.17, 15) is 0 Å². The van der Waals surface area contributed by atoms with Crippen molar-refractivity contribution in [2.24, 2.45) is 5.11 Å². The van der Waals surface area contributed by atoms with E-state index in [4.69, 9.17) is 5.53 Å². The summed E-state index contributed by atoms with van der Waals surface area (Å²) < 4.78 is 0. The van der Waals surface area contributed by atoms with Crippen LogP contribution < -0.4 is 4.91 Å². The number of nitrogens with one attached hydrogen (secondary N) is 1. The number of halogens is 1. The predicted molar refractivity (Wildman–Crippen MR) is 35.2 cm³/mol. The number of hydrogen-bond acceptors (Lipinski definition) is 2. The molecule has 0 atom stereocenters. The molecule has 0 unspecified atom stereocenters. The van der Waals surface area contributed by atoms with Crippen molar-refractivity contribution in [3.63, 3.8) is 0 Å². The third kappa shape index (κ3) is 5.79. The first-order valence-electron chi connectivity index (χ1n) is 2.51. The van der Waals surface area contributed by atoms with Crippen LogP contribution in [0.25, 0.3) is 0 Å². The van der Waals surface area contributed by atoms with Crippen LogP contribution in [0, 0.1) is 5.53 Å². The van der Waals surface area contributed by atoms with E-state index in [2.05, 4.69) is 26.0 Å². The zero-order valence-electron chi connectivity index (χ0n) is 4.60. The Morgan fingerprint density at radius 1 is 1.50 bits per heavy atom. The fourth-order valence-corrected chi connectivity index (χ4v) is 0.724. The normalized spacial score (nSPS) is 8.12.